The minimum Gasteiger partial charge on any atom is -0.472 e. The number of likely N-dealkylation sites (N-methyl/N-ethyl adjacent to an activating group) is 1. The van der Waals surface area contributed by atoms with Gasteiger partial charge in [0.1, 0.15) is 28.5 Å². The third-order valence-corrected chi connectivity index (χ3v) is 5.51. The van der Waals surface area contributed by atoms with E-state index >= 15 is 0 Å². The fraction of sp³-hybridized carbons (Fsp3) is 0.273. The van der Waals surface area contributed by atoms with Crippen molar-refractivity contribution in [2.45, 2.75) is 20.1 Å². The number of ether oxygens (including phenoxy) is 1. The third-order valence-electron chi connectivity index (χ3n) is 4.83. The first kappa shape index (κ1) is 24.5. The number of halogens is 3. The van der Waals surface area contributed by atoms with Gasteiger partial charge in [-0.2, -0.15) is 4.98 Å². The molecule has 3 aromatic rings. The topological polar surface area (TPSA) is 97.5 Å². The molecule has 8 nitrogen and oxygen atoms in total. The highest BCUT2D eigenvalue weighted by Crippen LogP contribution is 2.21. The van der Waals surface area contributed by atoms with E-state index in [1.807, 2.05) is 0 Å². The molecule has 0 saturated carbocycles. The van der Waals surface area contributed by atoms with Gasteiger partial charge in [-0.1, -0.05) is 0 Å². The van der Waals surface area contributed by atoms with Crippen LogP contribution in [0.25, 0.3) is 0 Å². The molecule has 3 rings (SSSR count). The SMILES string of the molecule is Cc1nc(OCc2ccc(F)cc2F)c(Br)c(=O)n1Cc1ccc(C(=O)N(C)CCO)cn1. The number of pyridine rings is 1. The third kappa shape index (κ3) is 5.79. The van der Waals surface area contributed by atoms with Crippen LogP contribution in [-0.2, 0) is 13.2 Å². The summed E-state index contributed by atoms with van der Waals surface area (Å²) in [6.07, 6.45) is 1.41. The van der Waals surface area contributed by atoms with Crippen LogP contribution in [0.1, 0.15) is 27.4 Å². The van der Waals surface area contributed by atoms with Crippen LogP contribution in [0.3, 0.4) is 0 Å². The number of amides is 1. The average Bonchev–Trinajstić information content (AvgIpc) is 2.79. The van der Waals surface area contributed by atoms with Crippen LogP contribution in [0, 0.1) is 18.6 Å². The Morgan fingerprint density at radius 3 is 2.67 bits per heavy atom. The van der Waals surface area contributed by atoms with Gasteiger partial charge in [-0.25, -0.2) is 8.78 Å². The maximum atomic E-state index is 13.8. The summed E-state index contributed by atoms with van der Waals surface area (Å²) < 4.78 is 33.8. The molecule has 0 aliphatic heterocycles. The molecule has 0 unspecified atom stereocenters. The number of aryl methyl sites for hydroxylation is 1. The number of aliphatic hydroxyl groups excluding tert-OH is 1. The van der Waals surface area contributed by atoms with Gasteiger partial charge in [-0.05, 0) is 47.1 Å². The van der Waals surface area contributed by atoms with Crippen molar-refractivity contribution in [1.29, 1.82) is 0 Å². The smallest absolute Gasteiger partial charge is 0.272 e. The molecule has 1 aromatic carbocycles. The Morgan fingerprint density at radius 2 is 2.03 bits per heavy atom. The Morgan fingerprint density at radius 1 is 1.27 bits per heavy atom. The fourth-order valence-corrected chi connectivity index (χ4v) is 3.38. The Kier molecular flexibility index (Phi) is 7.88. The van der Waals surface area contributed by atoms with Crippen molar-refractivity contribution in [3.63, 3.8) is 0 Å². The molecule has 2 aromatic heterocycles. The quantitative estimate of drug-likeness (QED) is 0.488. The lowest BCUT2D eigenvalue weighted by molar-refractivity contribution is 0.0766. The maximum Gasteiger partial charge on any atom is 0.272 e. The van der Waals surface area contributed by atoms with Gasteiger partial charge >= 0.3 is 0 Å². The first-order valence-electron chi connectivity index (χ1n) is 9.86. The molecular weight excluding hydrogens is 502 g/mol. The molecular formula is C22H21BrF2N4O4. The second-order valence-electron chi connectivity index (χ2n) is 7.18. The Balaban J connectivity index is 1.76. The molecule has 174 valence electrons. The van der Waals surface area contributed by atoms with Crippen molar-refractivity contribution >= 4 is 21.8 Å². The summed E-state index contributed by atoms with van der Waals surface area (Å²) in [5.41, 5.74) is 0.573. The number of nitrogens with zero attached hydrogens (tertiary/aromatic N) is 4. The average molecular weight is 523 g/mol. The van der Waals surface area contributed by atoms with Gasteiger partial charge in [-0.15, -0.1) is 0 Å². The first-order chi connectivity index (χ1) is 15.7. The molecule has 0 bridgehead atoms. The molecule has 0 radical (unpaired) electrons. The predicted octanol–water partition coefficient (Wildman–Crippen LogP) is 2.68. The number of hydrogen-bond acceptors (Lipinski definition) is 6. The van der Waals surface area contributed by atoms with Crippen LogP contribution in [-0.4, -0.2) is 50.6 Å². The van der Waals surface area contributed by atoms with E-state index in [9.17, 15) is 18.4 Å². The summed E-state index contributed by atoms with van der Waals surface area (Å²) in [7, 11) is 1.58. The van der Waals surface area contributed by atoms with Crippen LogP contribution in [0.15, 0.2) is 45.8 Å². The Hall–Kier alpha value is -3.18. The maximum absolute atomic E-state index is 13.8. The normalized spacial score (nSPS) is 10.8. The number of aromatic nitrogens is 3. The van der Waals surface area contributed by atoms with Crippen molar-refractivity contribution in [2.75, 3.05) is 20.2 Å². The number of rotatable bonds is 8. The monoisotopic (exact) mass is 522 g/mol. The van der Waals surface area contributed by atoms with Crippen molar-refractivity contribution in [3.8, 4) is 5.88 Å². The highest BCUT2D eigenvalue weighted by Gasteiger charge is 2.16. The van der Waals surface area contributed by atoms with Gasteiger partial charge in [-0.3, -0.25) is 19.1 Å². The van der Waals surface area contributed by atoms with Crippen molar-refractivity contribution in [2.24, 2.45) is 0 Å². The van der Waals surface area contributed by atoms with Crippen LogP contribution in [0.2, 0.25) is 0 Å². The fourth-order valence-electron chi connectivity index (χ4n) is 2.96. The summed E-state index contributed by atoms with van der Waals surface area (Å²) in [4.78, 5) is 35.0. The van der Waals surface area contributed by atoms with Crippen molar-refractivity contribution < 1.29 is 23.4 Å². The van der Waals surface area contributed by atoms with Crippen LogP contribution >= 0.6 is 15.9 Å². The van der Waals surface area contributed by atoms with E-state index in [2.05, 4.69) is 25.9 Å². The number of carbonyl (C=O) groups is 1. The highest BCUT2D eigenvalue weighted by atomic mass is 79.9. The summed E-state index contributed by atoms with van der Waals surface area (Å²) in [5, 5.41) is 8.96. The van der Waals surface area contributed by atoms with E-state index in [4.69, 9.17) is 9.84 Å². The van der Waals surface area contributed by atoms with E-state index in [0.29, 0.717) is 17.1 Å². The van der Waals surface area contributed by atoms with Crippen molar-refractivity contribution in [3.05, 3.63) is 85.6 Å². The summed E-state index contributed by atoms with van der Waals surface area (Å²) in [6, 6.07) is 6.34. The van der Waals surface area contributed by atoms with E-state index in [1.54, 1.807) is 26.1 Å². The predicted molar refractivity (Wildman–Crippen MR) is 119 cm³/mol. The van der Waals surface area contributed by atoms with E-state index in [1.165, 1.54) is 21.7 Å². The van der Waals surface area contributed by atoms with Gasteiger partial charge < -0.3 is 14.7 Å². The number of carbonyl (C=O) groups excluding carboxylic acids is 1. The molecule has 1 amide bonds. The lowest BCUT2D eigenvalue weighted by Gasteiger charge is -2.16. The number of benzene rings is 1. The summed E-state index contributed by atoms with van der Waals surface area (Å²) >= 11 is 3.18. The molecule has 33 heavy (non-hydrogen) atoms. The van der Waals surface area contributed by atoms with Gasteiger partial charge in [0.25, 0.3) is 11.5 Å². The van der Waals surface area contributed by atoms with Crippen LogP contribution in [0.4, 0.5) is 8.78 Å². The molecule has 0 aliphatic carbocycles. The second kappa shape index (κ2) is 10.6. The zero-order chi connectivity index (χ0) is 24.1. The van der Waals surface area contributed by atoms with Crippen LogP contribution in [0.5, 0.6) is 5.88 Å². The lowest BCUT2D eigenvalue weighted by atomic mass is 10.2. The van der Waals surface area contributed by atoms with Gasteiger partial charge in [0, 0.05) is 31.4 Å². The van der Waals surface area contributed by atoms with E-state index in [0.717, 1.165) is 12.1 Å². The minimum absolute atomic E-state index is 0.0155. The van der Waals surface area contributed by atoms with E-state index < -0.39 is 17.2 Å². The standard InChI is InChI=1S/C22H21BrF2N4O4/c1-13-27-20(33-12-15-3-5-16(24)9-18(15)25)19(23)22(32)29(13)11-17-6-4-14(10-26-17)21(31)28(2)7-8-30/h3-6,9-10,30H,7-8,11-12H2,1-2H3. The largest absolute Gasteiger partial charge is 0.472 e. The highest BCUT2D eigenvalue weighted by molar-refractivity contribution is 9.10. The Bertz CT molecular complexity index is 1220. The molecule has 0 aliphatic rings. The van der Waals surface area contributed by atoms with Crippen LogP contribution < -0.4 is 10.3 Å². The molecule has 2 heterocycles. The number of aliphatic hydroxyl groups is 1. The molecule has 0 spiro atoms. The second-order valence-corrected chi connectivity index (χ2v) is 7.98. The van der Waals surface area contributed by atoms with Gasteiger partial charge in [0.05, 0.1) is 24.4 Å². The van der Waals surface area contributed by atoms with Crippen molar-refractivity contribution in [1.82, 2.24) is 19.4 Å². The van der Waals surface area contributed by atoms with E-state index in [-0.39, 0.29) is 48.1 Å². The molecule has 0 atom stereocenters. The summed E-state index contributed by atoms with van der Waals surface area (Å²) in [6.45, 7) is 1.54. The number of hydrogen-bond donors (Lipinski definition) is 1. The Labute approximate surface area is 196 Å². The molecule has 0 saturated heterocycles. The molecule has 11 heteroatoms. The first-order valence-corrected chi connectivity index (χ1v) is 10.7. The lowest BCUT2D eigenvalue weighted by Crippen LogP contribution is -2.29. The van der Waals surface area contributed by atoms with Gasteiger partial charge in [0.15, 0.2) is 0 Å². The molecule has 1 N–H and O–H groups in total. The zero-order valence-corrected chi connectivity index (χ0v) is 19.5. The minimum atomic E-state index is -0.758. The molecule has 0 fully saturated rings. The summed E-state index contributed by atoms with van der Waals surface area (Å²) in [5.74, 6) is -1.41. The van der Waals surface area contributed by atoms with Gasteiger partial charge in [0.2, 0.25) is 5.88 Å². The zero-order valence-electron chi connectivity index (χ0n) is 17.9.